The van der Waals surface area contributed by atoms with Gasteiger partial charge >= 0.3 is 0 Å². The average Bonchev–Trinajstić information content (AvgIpc) is 3.26. The van der Waals surface area contributed by atoms with E-state index in [1.54, 1.807) is 0 Å². The summed E-state index contributed by atoms with van der Waals surface area (Å²) >= 11 is 6.10. The standard InChI is InChI=1S/C26H27ClN2O/c27-21-9-7-20(8-10-21)25-19-29-16-4-6-26(29)24-18-22(11-12-23(24)25)30-17-5-15-28-13-2-1-3-14-28/h4,6-12,16,18-19H,1-3,5,13-15,17H2. The Hall–Kier alpha value is -2.49. The van der Waals surface area contributed by atoms with Gasteiger partial charge in [-0.3, -0.25) is 0 Å². The second-order valence-corrected chi connectivity index (χ2v) is 8.60. The van der Waals surface area contributed by atoms with Gasteiger partial charge in [-0.05, 0) is 85.8 Å². The molecular weight excluding hydrogens is 392 g/mol. The van der Waals surface area contributed by atoms with Crippen LogP contribution in [0.25, 0.3) is 27.4 Å². The Balaban J connectivity index is 1.40. The molecule has 30 heavy (non-hydrogen) atoms. The van der Waals surface area contributed by atoms with Gasteiger partial charge in [0.05, 0.1) is 12.1 Å². The Bertz CT molecular complexity index is 1140. The van der Waals surface area contributed by atoms with Crippen molar-refractivity contribution in [1.29, 1.82) is 0 Å². The summed E-state index contributed by atoms with van der Waals surface area (Å²) in [4.78, 5) is 2.57. The lowest BCUT2D eigenvalue weighted by Gasteiger charge is -2.26. The zero-order chi connectivity index (χ0) is 20.3. The highest BCUT2D eigenvalue weighted by Crippen LogP contribution is 2.34. The summed E-state index contributed by atoms with van der Waals surface area (Å²) in [6.45, 7) is 4.39. The number of ether oxygens (including phenoxy) is 1. The minimum atomic E-state index is 0.755. The predicted molar refractivity (Wildman–Crippen MR) is 126 cm³/mol. The van der Waals surface area contributed by atoms with E-state index in [9.17, 15) is 0 Å². The van der Waals surface area contributed by atoms with E-state index in [0.29, 0.717) is 0 Å². The molecule has 0 unspecified atom stereocenters. The lowest BCUT2D eigenvalue weighted by Crippen LogP contribution is -2.31. The first kappa shape index (κ1) is 19.5. The van der Waals surface area contributed by atoms with Crippen LogP contribution < -0.4 is 4.74 Å². The first-order valence-electron chi connectivity index (χ1n) is 10.9. The van der Waals surface area contributed by atoms with Gasteiger partial charge in [0, 0.05) is 34.9 Å². The van der Waals surface area contributed by atoms with Crippen molar-refractivity contribution in [2.24, 2.45) is 0 Å². The number of rotatable bonds is 6. The predicted octanol–water partition coefficient (Wildman–Crippen LogP) is 6.67. The van der Waals surface area contributed by atoms with Crippen molar-refractivity contribution < 1.29 is 4.74 Å². The molecule has 4 heteroatoms. The molecule has 1 fully saturated rings. The molecule has 0 amide bonds. The van der Waals surface area contributed by atoms with E-state index >= 15 is 0 Å². The molecule has 0 radical (unpaired) electrons. The molecule has 0 aliphatic carbocycles. The van der Waals surface area contributed by atoms with E-state index in [2.05, 4.69) is 64.2 Å². The van der Waals surface area contributed by atoms with Crippen molar-refractivity contribution in [3.63, 3.8) is 0 Å². The highest BCUT2D eigenvalue weighted by molar-refractivity contribution is 6.30. The van der Waals surface area contributed by atoms with Gasteiger partial charge in [0.25, 0.3) is 0 Å². The number of halogens is 1. The first-order valence-corrected chi connectivity index (χ1v) is 11.3. The van der Waals surface area contributed by atoms with Crippen LogP contribution in [0.1, 0.15) is 25.7 Å². The Labute approximate surface area is 182 Å². The summed E-state index contributed by atoms with van der Waals surface area (Å²) in [5.74, 6) is 0.942. The molecule has 0 bridgehead atoms. The summed E-state index contributed by atoms with van der Waals surface area (Å²) in [7, 11) is 0. The summed E-state index contributed by atoms with van der Waals surface area (Å²) in [5, 5.41) is 3.19. The number of nitrogens with zero attached hydrogens (tertiary/aromatic N) is 2. The van der Waals surface area contributed by atoms with Gasteiger partial charge < -0.3 is 14.0 Å². The Morgan fingerprint density at radius 2 is 1.73 bits per heavy atom. The maximum Gasteiger partial charge on any atom is 0.120 e. The van der Waals surface area contributed by atoms with E-state index in [1.165, 1.54) is 54.2 Å². The number of aromatic nitrogens is 1. The average molecular weight is 419 g/mol. The van der Waals surface area contributed by atoms with Crippen LogP contribution in [0.3, 0.4) is 0 Å². The van der Waals surface area contributed by atoms with Crippen LogP contribution in [-0.4, -0.2) is 35.5 Å². The van der Waals surface area contributed by atoms with Crippen molar-refractivity contribution >= 4 is 27.9 Å². The monoisotopic (exact) mass is 418 g/mol. The van der Waals surface area contributed by atoms with Crippen LogP contribution >= 0.6 is 11.6 Å². The molecule has 4 aromatic rings. The summed E-state index contributed by atoms with van der Waals surface area (Å²) in [6.07, 6.45) is 9.43. The molecule has 0 N–H and O–H groups in total. The second kappa shape index (κ2) is 8.71. The summed E-state index contributed by atoms with van der Waals surface area (Å²) < 4.78 is 8.33. The van der Waals surface area contributed by atoms with Gasteiger partial charge in [0.1, 0.15) is 5.75 Å². The smallest absolute Gasteiger partial charge is 0.120 e. The van der Waals surface area contributed by atoms with Crippen LogP contribution in [-0.2, 0) is 0 Å². The van der Waals surface area contributed by atoms with Crippen LogP contribution in [0.5, 0.6) is 5.75 Å². The van der Waals surface area contributed by atoms with Gasteiger partial charge in [-0.15, -0.1) is 0 Å². The quantitative estimate of drug-likeness (QED) is 0.325. The Morgan fingerprint density at radius 3 is 2.57 bits per heavy atom. The summed E-state index contributed by atoms with van der Waals surface area (Å²) in [5.41, 5.74) is 3.55. The number of hydrogen-bond donors (Lipinski definition) is 0. The molecule has 0 atom stereocenters. The van der Waals surface area contributed by atoms with Gasteiger partial charge in [0.15, 0.2) is 0 Å². The molecule has 1 saturated heterocycles. The lowest BCUT2D eigenvalue weighted by molar-refractivity contribution is 0.205. The largest absolute Gasteiger partial charge is 0.494 e. The highest BCUT2D eigenvalue weighted by atomic mass is 35.5. The van der Waals surface area contributed by atoms with Crippen molar-refractivity contribution in [3.8, 4) is 16.9 Å². The van der Waals surface area contributed by atoms with Crippen molar-refractivity contribution in [2.45, 2.75) is 25.7 Å². The molecule has 3 nitrogen and oxygen atoms in total. The SMILES string of the molecule is Clc1ccc(-c2cn3cccc3c3cc(OCCCN4CCCCC4)ccc23)cc1. The van der Waals surface area contributed by atoms with E-state index in [-0.39, 0.29) is 0 Å². The number of fused-ring (bicyclic) bond motifs is 3. The van der Waals surface area contributed by atoms with Gasteiger partial charge in [-0.1, -0.05) is 30.2 Å². The molecule has 154 valence electrons. The van der Waals surface area contributed by atoms with E-state index in [4.69, 9.17) is 16.3 Å². The molecule has 1 aliphatic rings. The third kappa shape index (κ3) is 4.05. The van der Waals surface area contributed by atoms with Crippen LogP contribution in [0, 0.1) is 0 Å². The van der Waals surface area contributed by atoms with E-state index in [0.717, 1.165) is 35.9 Å². The Morgan fingerprint density at radius 1 is 0.900 bits per heavy atom. The van der Waals surface area contributed by atoms with Gasteiger partial charge in [-0.2, -0.15) is 0 Å². The second-order valence-electron chi connectivity index (χ2n) is 8.16. The lowest BCUT2D eigenvalue weighted by atomic mass is 10.00. The molecule has 2 aromatic heterocycles. The molecule has 1 aliphatic heterocycles. The normalized spacial score (nSPS) is 15.1. The minimum absolute atomic E-state index is 0.755. The third-order valence-corrected chi connectivity index (χ3v) is 6.35. The zero-order valence-electron chi connectivity index (χ0n) is 17.2. The van der Waals surface area contributed by atoms with Crippen molar-refractivity contribution in [2.75, 3.05) is 26.2 Å². The molecular formula is C26H27ClN2O. The first-order chi connectivity index (χ1) is 14.8. The maximum absolute atomic E-state index is 6.14. The molecule has 0 spiro atoms. The van der Waals surface area contributed by atoms with E-state index < -0.39 is 0 Å². The number of hydrogen-bond acceptors (Lipinski definition) is 2. The topological polar surface area (TPSA) is 16.9 Å². The highest BCUT2D eigenvalue weighted by Gasteiger charge is 2.11. The molecule has 5 rings (SSSR count). The van der Waals surface area contributed by atoms with Crippen LogP contribution in [0.15, 0.2) is 67.0 Å². The fourth-order valence-electron chi connectivity index (χ4n) is 4.52. The van der Waals surface area contributed by atoms with Crippen molar-refractivity contribution in [1.82, 2.24) is 9.30 Å². The minimum Gasteiger partial charge on any atom is -0.494 e. The van der Waals surface area contributed by atoms with Crippen LogP contribution in [0.4, 0.5) is 0 Å². The van der Waals surface area contributed by atoms with Gasteiger partial charge in [-0.25, -0.2) is 0 Å². The molecule has 0 saturated carbocycles. The molecule has 2 aromatic carbocycles. The zero-order valence-corrected chi connectivity index (χ0v) is 17.9. The van der Waals surface area contributed by atoms with Gasteiger partial charge in [0.2, 0.25) is 0 Å². The Kier molecular flexibility index (Phi) is 5.65. The van der Waals surface area contributed by atoms with Crippen LogP contribution in [0.2, 0.25) is 5.02 Å². The fourth-order valence-corrected chi connectivity index (χ4v) is 4.65. The summed E-state index contributed by atoms with van der Waals surface area (Å²) in [6, 6.07) is 18.8. The number of likely N-dealkylation sites (tertiary alicyclic amines) is 1. The number of piperidine rings is 1. The number of benzene rings is 2. The third-order valence-electron chi connectivity index (χ3n) is 6.10. The maximum atomic E-state index is 6.14. The van der Waals surface area contributed by atoms with E-state index in [1.807, 2.05) is 12.1 Å². The number of pyridine rings is 1. The molecule has 3 heterocycles. The fraction of sp³-hybridized carbons (Fsp3) is 0.308. The van der Waals surface area contributed by atoms with Crippen molar-refractivity contribution in [3.05, 3.63) is 72.0 Å².